The number of rotatable bonds is 3. The van der Waals surface area contributed by atoms with E-state index in [-0.39, 0.29) is 24.1 Å². The molecule has 0 aromatic carbocycles. The van der Waals surface area contributed by atoms with Crippen molar-refractivity contribution in [3.05, 3.63) is 11.1 Å². The van der Waals surface area contributed by atoms with E-state index in [9.17, 15) is 9.59 Å². The number of hydrogen-bond acceptors (Lipinski definition) is 6. The zero-order chi connectivity index (χ0) is 12.1. The highest BCUT2D eigenvalue weighted by atomic mass is 32.1. The number of carbonyl (C=O) groups excluding carboxylic acids is 2. The molecule has 2 amide bonds. The lowest BCUT2D eigenvalue weighted by molar-refractivity contribution is -0.130. The zero-order valence-corrected chi connectivity index (χ0v) is 10.00. The molecule has 1 aliphatic heterocycles. The highest BCUT2D eigenvalue weighted by Gasteiger charge is 2.17. The fraction of sp³-hybridized carbons (Fsp3) is 0.556. The summed E-state index contributed by atoms with van der Waals surface area (Å²) in [5.41, 5.74) is 0.253. The van der Waals surface area contributed by atoms with Crippen molar-refractivity contribution in [2.24, 2.45) is 0 Å². The smallest absolute Gasteiger partial charge is 0.273 e. The molecule has 0 bridgehead atoms. The van der Waals surface area contributed by atoms with Crippen molar-refractivity contribution in [1.29, 1.82) is 0 Å². The summed E-state index contributed by atoms with van der Waals surface area (Å²) in [5.74, 6) is -0.426. The third kappa shape index (κ3) is 3.21. The lowest BCUT2D eigenvalue weighted by Crippen LogP contribution is -2.49. The first-order valence-corrected chi connectivity index (χ1v) is 6.15. The number of carbonyl (C=O) groups is 2. The first-order valence-electron chi connectivity index (χ1n) is 5.31. The van der Waals surface area contributed by atoms with Crippen molar-refractivity contribution in [3.8, 4) is 0 Å². The Bertz CT molecular complexity index is 388. The molecule has 17 heavy (non-hydrogen) atoms. The van der Waals surface area contributed by atoms with Gasteiger partial charge in [0.2, 0.25) is 5.91 Å². The van der Waals surface area contributed by atoms with E-state index in [4.69, 9.17) is 0 Å². The monoisotopic (exact) mass is 255 g/mol. The highest BCUT2D eigenvalue weighted by Crippen LogP contribution is 1.97. The fourth-order valence-electron chi connectivity index (χ4n) is 1.54. The summed E-state index contributed by atoms with van der Waals surface area (Å²) in [4.78, 5) is 25.0. The largest absolute Gasteiger partial charge is 0.342 e. The molecule has 1 saturated heterocycles. The first-order chi connectivity index (χ1) is 8.27. The van der Waals surface area contributed by atoms with Crippen molar-refractivity contribution in [2.45, 2.75) is 0 Å². The average Bonchev–Trinajstić information content (AvgIpc) is 2.90. The van der Waals surface area contributed by atoms with E-state index in [2.05, 4.69) is 20.2 Å². The molecular formula is C9H13N5O2S. The van der Waals surface area contributed by atoms with Crippen molar-refractivity contribution in [3.63, 3.8) is 0 Å². The Balaban J connectivity index is 1.77. The summed E-state index contributed by atoms with van der Waals surface area (Å²) < 4.78 is 3.59. The van der Waals surface area contributed by atoms with Crippen LogP contribution >= 0.6 is 11.5 Å². The van der Waals surface area contributed by atoms with Crippen molar-refractivity contribution in [1.82, 2.24) is 25.1 Å². The van der Waals surface area contributed by atoms with Gasteiger partial charge in [-0.2, -0.15) is 0 Å². The van der Waals surface area contributed by atoms with Gasteiger partial charge in [0, 0.05) is 31.6 Å². The quantitative estimate of drug-likeness (QED) is 0.701. The molecule has 1 aromatic rings. The van der Waals surface area contributed by atoms with Gasteiger partial charge in [0.25, 0.3) is 5.91 Å². The summed E-state index contributed by atoms with van der Waals surface area (Å²) in [6.07, 6.45) is 0. The molecule has 92 valence electrons. The van der Waals surface area contributed by atoms with E-state index in [0.29, 0.717) is 13.1 Å². The number of piperazine rings is 1. The molecule has 0 unspecified atom stereocenters. The van der Waals surface area contributed by atoms with E-state index in [1.54, 1.807) is 10.3 Å². The molecule has 2 heterocycles. The van der Waals surface area contributed by atoms with Crippen molar-refractivity contribution < 1.29 is 9.59 Å². The maximum Gasteiger partial charge on any atom is 0.273 e. The number of nitrogens with zero attached hydrogens (tertiary/aromatic N) is 3. The summed E-state index contributed by atoms with van der Waals surface area (Å²) in [5, 5.41) is 10.9. The van der Waals surface area contributed by atoms with Gasteiger partial charge in [-0.3, -0.25) is 9.59 Å². The molecule has 0 spiro atoms. The van der Waals surface area contributed by atoms with Gasteiger partial charge in [-0.15, -0.1) is 5.10 Å². The Morgan fingerprint density at radius 3 is 2.88 bits per heavy atom. The van der Waals surface area contributed by atoms with Gasteiger partial charge in [0.15, 0.2) is 5.69 Å². The SMILES string of the molecule is O=C(NCC(=O)N1CCNCC1)c1csnn1. The first kappa shape index (κ1) is 11.9. The summed E-state index contributed by atoms with van der Waals surface area (Å²) in [6.45, 7) is 2.99. The molecule has 0 saturated carbocycles. The van der Waals surface area contributed by atoms with Crippen LogP contribution in [-0.4, -0.2) is 59.0 Å². The minimum atomic E-state index is -0.359. The van der Waals surface area contributed by atoms with Crippen LogP contribution in [0.4, 0.5) is 0 Å². The van der Waals surface area contributed by atoms with Crippen LogP contribution in [-0.2, 0) is 4.79 Å². The van der Waals surface area contributed by atoms with E-state index in [1.807, 2.05) is 0 Å². The topological polar surface area (TPSA) is 87.2 Å². The predicted molar refractivity (Wildman–Crippen MR) is 61.7 cm³/mol. The van der Waals surface area contributed by atoms with Gasteiger partial charge in [0.1, 0.15) is 0 Å². The second-order valence-corrected chi connectivity index (χ2v) is 4.21. The minimum Gasteiger partial charge on any atom is -0.342 e. The standard InChI is InChI=1S/C9H13N5O2S/c15-8(14-3-1-10-2-4-14)5-11-9(16)7-6-17-13-12-7/h6,10H,1-5H2,(H,11,16). The average molecular weight is 255 g/mol. The maximum atomic E-state index is 11.7. The molecule has 0 radical (unpaired) electrons. The summed E-state index contributed by atoms with van der Waals surface area (Å²) in [6, 6.07) is 0. The van der Waals surface area contributed by atoms with Crippen LogP contribution in [0.1, 0.15) is 10.5 Å². The van der Waals surface area contributed by atoms with Crippen LogP contribution in [0.3, 0.4) is 0 Å². The lowest BCUT2D eigenvalue weighted by atomic mass is 10.3. The Morgan fingerprint density at radius 1 is 1.47 bits per heavy atom. The Hall–Kier alpha value is -1.54. The second kappa shape index (κ2) is 5.69. The predicted octanol–water partition coefficient (Wildman–Crippen LogP) is -1.30. The lowest BCUT2D eigenvalue weighted by Gasteiger charge is -2.27. The van der Waals surface area contributed by atoms with Gasteiger partial charge < -0.3 is 15.5 Å². The number of aromatic nitrogens is 2. The Morgan fingerprint density at radius 2 is 2.24 bits per heavy atom. The van der Waals surface area contributed by atoms with Crippen LogP contribution in [0.5, 0.6) is 0 Å². The van der Waals surface area contributed by atoms with Crippen LogP contribution in [0.25, 0.3) is 0 Å². The molecule has 2 rings (SSSR count). The second-order valence-electron chi connectivity index (χ2n) is 3.60. The number of hydrogen-bond donors (Lipinski definition) is 2. The van der Waals surface area contributed by atoms with E-state index >= 15 is 0 Å². The van der Waals surface area contributed by atoms with Gasteiger partial charge in [0.05, 0.1) is 6.54 Å². The molecule has 0 atom stereocenters. The Kier molecular flexibility index (Phi) is 3.99. The molecule has 0 aliphatic carbocycles. The van der Waals surface area contributed by atoms with Gasteiger partial charge in [-0.1, -0.05) is 4.49 Å². The maximum absolute atomic E-state index is 11.7. The fourth-order valence-corrected chi connectivity index (χ4v) is 1.97. The van der Waals surface area contributed by atoms with Gasteiger partial charge >= 0.3 is 0 Å². The third-order valence-electron chi connectivity index (χ3n) is 2.46. The number of nitrogens with one attached hydrogen (secondary N) is 2. The summed E-state index contributed by atoms with van der Waals surface area (Å²) >= 11 is 1.10. The van der Waals surface area contributed by atoms with E-state index < -0.39 is 0 Å². The normalized spacial score (nSPS) is 15.6. The number of amides is 2. The van der Waals surface area contributed by atoms with Crippen molar-refractivity contribution >= 4 is 23.3 Å². The third-order valence-corrected chi connectivity index (χ3v) is 2.97. The van der Waals surface area contributed by atoms with Gasteiger partial charge in [-0.05, 0) is 11.5 Å². The molecule has 1 fully saturated rings. The minimum absolute atomic E-state index is 0.0103. The van der Waals surface area contributed by atoms with Crippen molar-refractivity contribution in [2.75, 3.05) is 32.7 Å². The molecule has 1 aliphatic rings. The van der Waals surface area contributed by atoms with Crippen LogP contribution in [0.2, 0.25) is 0 Å². The summed E-state index contributed by atoms with van der Waals surface area (Å²) in [7, 11) is 0. The molecule has 8 heteroatoms. The molecular weight excluding hydrogens is 242 g/mol. The van der Waals surface area contributed by atoms with E-state index in [1.165, 1.54) is 0 Å². The molecule has 2 N–H and O–H groups in total. The Labute approximate surface area is 102 Å². The van der Waals surface area contributed by atoms with Crippen LogP contribution in [0, 0.1) is 0 Å². The highest BCUT2D eigenvalue weighted by molar-refractivity contribution is 7.03. The zero-order valence-electron chi connectivity index (χ0n) is 9.18. The molecule has 1 aromatic heterocycles. The van der Waals surface area contributed by atoms with Crippen LogP contribution in [0.15, 0.2) is 5.38 Å². The van der Waals surface area contributed by atoms with Gasteiger partial charge in [-0.25, -0.2) is 0 Å². The molecule has 7 nitrogen and oxygen atoms in total. The van der Waals surface area contributed by atoms with E-state index in [0.717, 1.165) is 24.6 Å². The van der Waals surface area contributed by atoms with Crippen LogP contribution < -0.4 is 10.6 Å².